The van der Waals surface area contributed by atoms with Gasteiger partial charge in [-0.15, -0.1) is 5.25 Å². The fourth-order valence-electron chi connectivity index (χ4n) is 1.06. The van der Waals surface area contributed by atoms with E-state index in [1.165, 1.54) is 0 Å². The molecule has 98 valence electrons. The first-order valence-electron chi connectivity index (χ1n) is 5.41. The molecule has 2 rings (SSSR count). The second-order valence-electron chi connectivity index (χ2n) is 3.64. The van der Waals surface area contributed by atoms with Crippen LogP contribution in [0.2, 0.25) is 0 Å². The summed E-state index contributed by atoms with van der Waals surface area (Å²) in [6, 6.07) is 9.63. The van der Waals surface area contributed by atoms with Gasteiger partial charge in [-0.25, -0.2) is 0 Å². The second-order valence-corrected chi connectivity index (χ2v) is 7.59. The molecule has 1 aromatic heterocycles. The van der Waals surface area contributed by atoms with Crippen LogP contribution in [0.3, 0.4) is 0 Å². The maximum absolute atomic E-state index is 5.76. The number of rotatable bonds is 5. The predicted molar refractivity (Wildman–Crippen MR) is 77.0 cm³/mol. The lowest BCUT2D eigenvalue weighted by Gasteiger charge is -2.14. The molecular weight excluding hydrogens is 289 g/mol. The lowest BCUT2D eigenvalue weighted by atomic mass is 10.3. The molecule has 0 aliphatic heterocycles. The predicted octanol–water partition coefficient (Wildman–Crippen LogP) is 3.66. The van der Waals surface area contributed by atoms with Gasteiger partial charge in [0.05, 0.1) is 6.10 Å². The number of hydrogen-bond donors (Lipinski definition) is 2. The Kier molecular flexibility index (Phi) is 5.30. The van der Waals surface area contributed by atoms with E-state index in [1.54, 1.807) is 4.26 Å². The van der Waals surface area contributed by atoms with E-state index in [-0.39, 0.29) is 6.10 Å². The standard InChI is InChI=1S/C9H15N4O2P3/c1-8(2)14-10-18-12-16-11-17-13(18)15-9-6-4-3-5-7-9/h3-8,10,12,16H,1-2H3. The Balaban J connectivity index is 2.12. The molecule has 0 spiro atoms. The highest BCUT2D eigenvalue weighted by molar-refractivity contribution is 7.54. The van der Waals surface area contributed by atoms with Crippen LogP contribution in [0, 0.1) is 0 Å². The zero-order valence-electron chi connectivity index (χ0n) is 10.1. The largest absolute Gasteiger partial charge is 0.365 e. The van der Waals surface area contributed by atoms with Crippen LogP contribution >= 0.6 is 25.0 Å². The minimum Gasteiger partial charge on any atom is -0.365 e. The summed E-state index contributed by atoms with van der Waals surface area (Å²) >= 11 is 0. The molecule has 6 nitrogen and oxygen atoms in total. The number of aromatic amines is 1. The van der Waals surface area contributed by atoms with Gasteiger partial charge < -0.3 is 4.84 Å². The van der Waals surface area contributed by atoms with E-state index in [0.29, 0.717) is 8.51 Å². The molecule has 2 aromatic rings. The Labute approximate surface area is 110 Å². The van der Waals surface area contributed by atoms with Crippen molar-refractivity contribution in [2.45, 2.75) is 20.0 Å². The Morgan fingerprint density at radius 1 is 1.44 bits per heavy atom. The Hall–Kier alpha value is -0.760. The van der Waals surface area contributed by atoms with Crippen LogP contribution in [0.25, 0.3) is 0 Å². The Morgan fingerprint density at radius 3 is 2.94 bits per heavy atom. The number of nitrogens with zero attached hydrogens (tertiary/aromatic N) is 2. The molecule has 0 saturated heterocycles. The zero-order chi connectivity index (χ0) is 12.8. The molecule has 0 amide bonds. The highest BCUT2D eigenvalue weighted by Crippen LogP contribution is 2.26. The fourth-order valence-corrected chi connectivity index (χ4v) is 4.91. The molecule has 2 atom stereocenters. The molecule has 9 heteroatoms. The van der Waals surface area contributed by atoms with Gasteiger partial charge in [0.2, 0.25) is 0 Å². The molecule has 0 saturated carbocycles. The summed E-state index contributed by atoms with van der Waals surface area (Å²) < 4.78 is 9.21. The van der Waals surface area contributed by atoms with Crippen molar-refractivity contribution in [3.63, 3.8) is 0 Å². The molecule has 1 aromatic carbocycles. The molecule has 2 N–H and O–H groups in total. The number of para-hydroxylation sites is 1. The molecule has 2 unspecified atom stereocenters. The normalized spacial score (nSPS) is 12.5. The zero-order valence-corrected chi connectivity index (χ0v) is 12.9. The SMILES string of the molecule is CC(C)ONp1[nH][pH]npn1Oc1ccccc1. The first-order valence-corrected chi connectivity index (χ1v) is 8.45. The monoisotopic (exact) mass is 304 g/mol. The van der Waals surface area contributed by atoms with Crippen LogP contribution in [0.5, 0.6) is 5.75 Å². The van der Waals surface area contributed by atoms with Gasteiger partial charge in [-0.3, -0.25) is 9.35 Å². The topological polar surface area (TPSA) is 64.1 Å². The van der Waals surface area contributed by atoms with Crippen LogP contribution in [0.15, 0.2) is 30.3 Å². The van der Waals surface area contributed by atoms with E-state index >= 15 is 0 Å². The highest BCUT2D eigenvalue weighted by Gasteiger charge is 2.03. The minimum atomic E-state index is -0.896. The summed E-state index contributed by atoms with van der Waals surface area (Å²) in [5.41, 5.74) is 0. The van der Waals surface area contributed by atoms with E-state index < -0.39 is 8.00 Å². The first kappa shape index (κ1) is 13.7. The van der Waals surface area contributed by atoms with E-state index in [1.807, 2.05) is 44.2 Å². The maximum Gasteiger partial charge on any atom is 0.184 e. The number of H-pyrrole nitrogens is 1. The molecule has 18 heavy (non-hydrogen) atoms. The van der Waals surface area contributed by atoms with Crippen molar-refractivity contribution < 1.29 is 9.68 Å². The number of nitrogens with one attached hydrogen (secondary N) is 2. The minimum absolute atomic E-state index is 0.117. The van der Waals surface area contributed by atoms with Crippen LogP contribution < -0.4 is 10.1 Å². The average Bonchev–Trinajstić information content (AvgIpc) is 2.39. The van der Waals surface area contributed by atoms with Gasteiger partial charge in [-0.2, -0.15) is 4.51 Å². The van der Waals surface area contributed by atoms with Crippen LogP contribution in [0.1, 0.15) is 13.8 Å². The third-order valence-corrected chi connectivity index (χ3v) is 5.52. The lowest BCUT2D eigenvalue weighted by Crippen LogP contribution is -2.11. The maximum atomic E-state index is 5.76. The average molecular weight is 304 g/mol. The quantitative estimate of drug-likeness (QED) is 0.827. The summed E-state index contributed by atoms with van der Waals surface area (Å²) in [5.74, 6) is 0.783. The molecule has 0 aliphatic carbocycles. The van der Waals surface area contributed by atoms with Gasteiger partial charge in [-0.05, 0) is 26.0 Å². The van der Waals surface area contributed by atoms with Crippen molar-refractivity contribution in [3.05, 3.63) is 30.3 Å². The fraction of sp³-hybridized carbons (Fsp3) is 0.333. The molecule has 0 radical (unpaired) electrons. The molecule has 0 bridgehead atoms. The lowest BCUT2D eigenvalue weighted by molar-refractivity contribution is 0.139. The van der Waals surface area contributed by atoms with E-state index in [2.05, 4.69) is 14.3 Å². The molecule has 0 fully saturated rings. The summed E-state index contributed by atoms with van der Waals surface area (Å²) in [7, 11) is 0.245. The van der Waals surface area contributed by atoms with Crippen molar-refractivity contribution in [3.8, 4) is 5.75 Å². The van der Waals surface area contributed by atoms with Crippen molar-refractivity contribution in [1.29, 1.82) is 0 Å². The van der Waals surface area contributed by atoms with Gasteiger partial charge in [0.15, 0.2) is 22.3 Å². The van der Waals surface area contributed by atoms with Crippen molar-refractivity contribution in [2.24, 2.45) is 0 Å². The number of hydrogen-bond acceptors (Lipinski definition) is 4. The Bertz CT molecular complexity index is 500. The van der Waals surface area contributed by atoms with Gasteiger partial charge in [0.1, 0.15) is 0 Å². The molecule has 1 heterocycles. The van der Waals surface area contributed by atoms with Gasteiger partial charge in [0.25, 0.3) is 0 Å². The summed E-state index contributed by atoms with van der Waals surface area (Å²) in [6.45, 7) is 3.94. The van der Waals surface area contributed by atoms with Gasteiger partial charge in [-0.1, -0.05) is 22.5 Å². The van der Waals surface area contributed by atoms with Crippen LogP contribution in [-0.4, -0.2) is 19.4 Å². The summed E-state index contributed by atoms with van der Waals surface area (Å²) in [5, 5.41) is 2.99. The number of aromatic nitrogens is 3. The van der Waals surface area contributed by atoms with Gasteiger partial charge in [0, 0.05) is 8.51 Å². The smallest absolute Gasteiger partial charge is 0.184 e. The number of benzene rings is 1. The summed E-state index contributed by atoms with van der Waals surface area (Å²) in [6.07, 6.45) is 0.117. The van der Waals surface area contributed by atoms with Crippen molar-refractivity contribution in [2.75, 3.05) is 5.25 Å². The summed E-state index contributed by atoms with van der Waals surface area (Å²) in [4.78, 5) is 11.2. The van der Waals surface area contributed by atoms with Crippen LogP contribution in [0.4, 0.5) is 0 Å². The molecule has 0 aliphatic rings. The van der Waals surface area contributed by atoms with Crippen molar-refractivity contribution in [1.82, 2.24) is 13.3 Å². The van der Waals surface area contributed by atoms with E-state index in [4.69, 9.17) is 9.68 Å². The van der Waals surface area contributed by atoms with Crippen molar-refractivity contribution >= 4 is 25.0 Å². The first-order chi connectivity index (χ1) is 8.75. The van der Waals surface area contributed by atoms with Crippen LogP contribution in [-0.2, 0) is 4.84 Å². The highest BCUT2D eigenvalue weighted by atomic mass is 31.2. The van der Waals surface area contributed by atoms with Gasteiger partial charge >= 0.3 is 0 Å². The third kappa shape index (κ3) is 4.16. The van der Waals surface area contributed by atoms with E-state index in [0.717, 1.165) is 14.3 Å². The Morgan fingerprint density at radius 2 is 2.22 bits per heavy atom. The third-order valence-electron chi connectivity index (χ3n) is 1.80. The van der Waals surface area contributed by atoms with E-state index in [9.17, 15) is 0 Å². The second kappa shape index (κ2) is 6.98. The molecular formula is C9H15N4O2P3.